The van der Waals surface area contributed by atoms with Crippen molar-refractivity contribution < 1.29 is 5.11 Å². The number of aromatic nitrogens is 4. The number of benzene rings is 1. The molecule has 0 unspecified atom stereocenters. The molecule has 0 saturated heterocycles. The predicted octanol–water partition coefficient (Wildman–Crippen LogP) is 1.97. The van der Waals surface area contributed by atoms with E-state index in [1.807, 2.05) is 32.9 Å². The number of rotatable bonds is 4. The molecule has 1 aromatic carbocycles. The molecule has 0 fully saturated rings. The average Bonchev–Trinajstić information content (AvgIpc) is 2.93. The zero-order chi connectivity index (χ0) is 16.6. The lowest BCUT2D eigenvalue weighted by Crippen LogP contribution is -2.26. The summed E-state index contributed by atoms with van der Waals surface area (Å²) in [4.78, 5) is 16.9. The minimum Gasteiger partial charge on any atom is -0.391 e. The Labute approximate surface area is 134 Å². The van der Waals surface area contributed by atoms with E-state index in [1.54, 1.807) is 4.68 Å². The first-order chi connectivity index (χ1) is 11.0. The van der Waals surface area contributed by atoms with Crippen LogP contribution in [-0.2, 0) is 6.54 Å². The molecule has 3 aromatic rings. The monoisotopic (exact) mass is 312 g/mol. The molecule has 2 heterocycles. The van der Waals surface area contributed by atoms with E-state index < -0.39 is 6.10 Å². The van der Waals surface area contributed by atoms with Crippen LogP contribution in [0.2, 0.25) is 0 Å². The number of nitrogens with zero attached hydrogens (tertiary/aromatic N) is 4. The van der Waals surface area contributed by atoms with E-state index in [9.17, 15) is 9.90 Å². The second-order valence-electron chi connectivity index (χ2n) is 5.90. The van der Waals surface area contributed by atoms with Crippen molar-refractivity contribution in [1.82, 2.24) is 19.3 Å². The van der Waals surface area contributed by atoms with E-state index in [2.05, 4.69) is 16.1 Å². The SMILES string of the molecule is CC[C@@H](O)Cn1cnc2c(cnn2-c2cc(C)cc(C)c2)c1=O. The molecule has 0 aliphatic carbocycles. The Morgan fingerprint density at radius 2 is 1.91 bits per heavy atom. The fourth-order valence-corrected chi connectivity index (χ4v) is 2.70. The molecule has 23 heavy (non-hydrogen) atoms. The Balaban J connectivity index is 2.12. The Morgan fingerprint density at radius 3 is 2.57 bits per heavy atom. The van der Waals surface area contributed by atoms with Gasteiger partial charge in [-0.3, -0.25) is 9.36 Å². The van der Waals surface area contributed by atoms with Gasteiger partial charge >= 0.3 is 0 Å². The Kier molecular flexibility index (Phi) is 4.00. The maximum atomic E-state index is 12.5. The highest BCUT2D eigenvalue weighted by atomic mass is 16.3. The number of hydrogen-bond acceptors (Lipinski definition) is 4. The van der Waals surface area contributed by atoms with Crippen molar-refractivity contribution >= 4 is 11.0 Å². The molecule has 0 aliphatic rings. The van der Waals surface area contributed by atoms with Crippen LogP contribution in [0.3, 0.4) is 0 Å². The number of fused-ring (bicyclic) bond motifs is 1. The molecule has 1 atom stereocenters. The van der Waals surface area contributed by atoms with E-state index in [4.69, 9.17) is 0 Å². The van der Waals surface area contributed by atoms with Crippen molar-refractivity contribution in [2.45, 2.75) is 39.8 Å². The molecule has 1 N–H and O–H groups in total. The molecule has 6 heteroatoms. The van der Waals surface area contributed by atoms with Gasteiger partial charge in [-0.15, -0.1) is 0 Å². The second-order valence-corrected chi connectivity index (χ2v) is 5.90. The third-order valence-corrected chi connectivity index (χ3v) is 3.88. The molecule has 6 nitrogen and oxygen atoms in total. The molecule has 120 valence electrons. The molecule has 3 rings (SSSR count). The maximum Gasteiger partial charge on any atom is 0.264 e. The zero-order valence-electron chi connectivity index (χ0n) is 13.5. The minimum absolute atomic E-state index is 0.182. The summed E-state index contributed by atoms with van der Waals surface area (Å²) in [5, 5.41) is 14.5. The van der Waals surface area contributed by atoms with E-state index in [1.165, 1.54) is 17.1 Å². The summed E-state index contributed by atoms with van der Waals surface area (Å²) in [5.41, 5.74) is 3.49. The van der Waals surface area contributed by atoms with Gasteiger partial charge in [-0.05, 0) is 43.5 Å². The fourth-order valence-electron chi connectivity index (χ4n) is 2.70. The molecule has 0 radical (unpaired) electrons. The van der Waals surface area contributed by atoms with Crippen molar-refractivity contribution in [2.24, 2.45) is 0 Å². The first-order valence-corrected chi connectivity index (χ1v) is 7.69. The highest BCUT2D eigenvalue weighted by Crippen LogP contribution is 2.17. The smallest absolute Gasteiger partial charge is 0.264 e. The van der Waals surface area contributed by atoms with Gasteiger partial charge < -0.3 is 5.11 Å². The summed E-state index contributed by atoms with van der Waals surface area (Å²) in [6.07, 6.45) is 3.05. The highest BCUT2D eigenvalue weighted by molar-refractivity contribution is 5.75. The molecule has 0 bridgehead atoms. The van der Waals surface area contributed by atoms with Crippen molar-refractivity contribution in [3.05, 3.63) is 52.2 Å². The van der Waals surface area contributed by atoms with Gasteiger partial charge in [0, 0.05) is 0 Å². The molecule has 0 spiro atoms. The molecule has 0 aliphatic heterocycles. The summed E-state index contributed by atoms with van der Waals surface area (Å²) in [6, 6.07) is 6.10. The predicted molar refractivity (Wildman–Crippen MR) is 88.9 cm³/mol. The van der Waals surface area contributed by atoms with Crippen LogP contribution in [0.4, 0.5) is 0 Å². The molecular formula is C17H20N4O2. The van der Waals surface area contributed by atoms with Crippen molar-refractivity contribution in [3.63, 3.8) is 0 Å². The first kappa shape index (κ1) is 15.4. The lowest BCUT2D eigenvalue weighted by Gasteiger charge is -2.10. The van der Waals surface area contributed by atoms with Crippen LogP contribution in [-0.4, -0.2) is 30.5 Å². The Morgan fingerprint density at radius 1 is 1.22 bits per heavy atom. The highest BCUT2D eigenvalue weighted by Gasteiger charge is 2.13. The summed E-state index contributed by atoms with van der Waals surface area (Å²) < 4.78 is 3.11. The van der Waals surface area contributed by atoms with E-state index in [0.29, 0.717) is 17.5 Å². The third-order valence-electron chi connectivity index (χ3n) is 3.88. The van der Waals surface area contributed by atoms with Crippen LogP contribution in [0.1, 0.15) is 24.5 Å². The summed E-state index contributed by atoms with van der Waals surface area (Å²) >= 11 is 0. The van der Waals surface area contributed by atoms with Gasteiger partial charge in [0.25, 0.3) is 5.56 Å². The van der Waals surface area contributed by atoms with Gasteiger partial charge in [0.1, 0.15) is 11.7 Å². The van der Waals surface area contributed by atoms with Crippen LogP contribution in [0, 0.1) is 13.8 Å². The molecule has 0 amide bonds. The fraction of sp³-hybridized carbons (Fsp3) is 0.353. The average molecular weight is 312 g/mol. The second kappa shape index (κ2) is 5.96. The topological polar surface area (TPSA) is 72.9 Å². The van der Waals surface area contributed by atoms with Crippen LogP contribution in [0.5, 0.6) is 0 Å². The number of hydrogen-bond donors (Lipinski definition) is 1. The van der Waals surface area contributed by atoms with Crippen molar-refractivity contribution in [3.8, 4) is 5.69 Å². The van der Waals surface area contributed by atoms with Gasteiger partial charge in [0.05, 0.1) is 24.5 Å². The summed E-state index contributed by atoms with van der Waals surface area (Å²) in [6.45, 7) is 6.16. The Hall–Kier alpha value is -2.47. The molecular weight excluding hydrogens is 292 g/mol. The minimum atomic E-state index is -0.554. The van der Waals surface area contributed by atoms with Crippen LogP contribution < -0.4 is 5.56 Å². The van der Waals surface area contributed by atoms with E-state index in [0.717, 1.165) is 16.8 Å². The van der Waals surface area contributed by atoms with Gasteiger partial charge in [0.2, 0.25) is 0 Å². The number of aliphatic hydroxyl groups is 1. The lowest BCUT2D eigenvalue weighted by molar-refractivity contribution is 0.148. The first-order valence-electron chi connectivity index (χ1n) is 7.69. The van der Waals surface area contributed by atoms with Crippen LogP contribution in [0.25, 0.3) is 16.7 Å². The van der Waals surface area contributed by atoms with Crippen LogP contribution in [0.15, 0.2) is 35.5 Å². The van der Waals surface area contributed by atoms with Gasteiger partial charge in [-0.1, -0.05) is 13.0 Å². The lowest BCUT2D eigenvalue weighted by atomic mass is 10.1. The van der Waals surface area contributed by atoms with E-state index in [-0.39, 0.29) is 12.1 Å². The number of aryl methyl sites for hydroxylation is 2. The van der Waals surface area contributed by atoms with Gasteiger partial charge in [0.15, 0.2) is 5.65 Å². The van der Waals surface area contributed by atoms with Crippen LogP contribution >= 0.6 is 0 Å². The number of aliphatic hydroxyl groups excluding tert-OH is 1. The zero-order valence-corrected chi connectivity index (χ0v) is 13.5. The maximum absolute atomic E-state index is 12.5. The Bertz CT molecular complexity index is 890. The third kappa shape index (κ3) is 2.90. The quantitative estimate of drug-likeness (QED) is 0.799. The van der Waals surface area contributed by atoms with E-state index >= 15 is 0 Å². The van der Waals surface area contributed by atoms with Gasteiger partial charge in [-0.2, -0.15) is 5.10 Å². The standard InChI is InChI=1S/C17H20N4O2/c1-4-14(22)9-20-10-18-16-15(17(20)23)8-19-21(16)13-6-11(2)5-12(3)7-13/h5-8,10,14,22H,4,9H2,1-3H3/t14-/m1/s1. The van der Waals surface area contributed by atoms with Crippen molar-refractivity contribution in [2.75, 3.05) is 0 Å². The normalized spacial score (nSPS) is 12.7. The largest absolute Gasteiger partial charge is 0.391 e. The van der Waals surface area contributed by atoms with Crippen molar-refractivity contribution in [1.29, 1.82) is 0 Å². The molecule has 0 saturated carbocycles. The van der Waals surface area contributed by atoms with Gasteiger partial charge in [-0.25, -0.2) is 9.67 Å². The molecule has 2 aromatic heterocycles. The summed E-state index contributed by atoms with van der Waals surface area (Å²) in [7, 11) is 0. The summed E-state index contributed by atoms with van der Waals surface area (Å²) in [5.74, 6) is 0.